The van der Waals surface area contributed by atoms with Gasteiger partial charge in [0.25, 0.3) is 10.0 Å². The molecule has 0 atom stereocenters. The summed E-state index contributed by atoms with van der Waals surface area (Å²) in [5.41, 5.74) is 2.22. The number of aromatic nitrogens is 2. The van der Waals surface area contributed by atoms with Crippen LogP contribution >= 0.6 is 22.7 Å². The number of hydrogen-bond acceptors (Lipinski definition) is 8. The predicted octanol–water partition coefficient (Wildman–Crippen LogP) is 4.27. The van der Waals surface area contributed by atoms with E-state index in [0.717, 1.165) is 26.5 Å². The fourth-order valence-corrected chi connectivity index (χ4v) is 7.00. The standard InChI is InChI=1S/C23H28N4O4S3/c1-26(19-6-4-5-17-15-18(25-22(17)19)23-24-8-14-33-23)34(28,29)21-7-13-32-20(21)16-27(9-11-30-2)10-12-31-3/h4-8,13-15,25H,9-12,16H2,1-3H3. The number of benzene rings is 1. The van der Waals surface area contributed by atoms with Crippen LogP contribution in [0.25, 0.3) is 21.6 Å². The van der Waals surface area contributed by atoms with Crippen LogP contribution in [0.15, 0.2) is 52.2 Å². The molecule has 0 fully saturated rings. The van der Waals surface area contributed by atoms with Crippen molar-refractivity contribution in [2.24, 2.45) is 0 Å². The fourth-order valence-electron chi connectivity index (χ4n) is 3.74. The normalized spacial score (nSPS) is 12.1. The maximum atomic E-state index is 13.7. The molecular weight excluding hydrogens is 492 g/mol. The highest BCUT2D eigenvalue weighted by Gasteiger charge is 2.27. The molecule has 3 heterocycles. The Morgan fingerprint density at radius 1 is 1.06 bits per heavy atom. The van der Waals surface area contributed by atoms with Gasteiger partial charge in [-0.15, -0.1) is 22.7 Å². The number of nitrogens with one attached hydrogen (secondary N) is 1. The van der Waals surface area contributed by atoms with Crippen molar-refractivity contribution >= 4 is 49.3 Å². The Labute approximate surface area is 207 Å². The molecule has 182 valence electrons. The molecule has 0 bridgehead atoms. The zero-order chi connectivity index (χ0) is 24.1. The van der Waals surface area contributed by atoms with E-state index in [1.807, 2.05) is 35.0 Å². The van der Waals surface area contributed by atoms with E-state index in [1.165, 1.54) is 27.0 Å². The summed E-state index contributed by atoms with van der Waals surface area (Å²) in [5, 5.41) is 5.54. The van der Waals surface area contributed by atoms with Crippen LogP contribution in [0.4, 0.5) is 5.69 Å². The van der Waals surface area contributed by atoms with E-state index >= 15 is 0 Å². The van der Waals surface area contributed by atoms with Crippen molar-refractivity contribution in [2.45, 2.75) is 11.4 Å². The van der Waals surface area contributed by atoms with E-state index in [0.29, 0.717) is 43.4 Å². The van der Waals surface area contributed by atoms with Crippen molar-refractivity contribution in [1.82, 2.24) is 14.9 Å². The number of aromatic amines is 1. The van der Waals surface area contributed by atoms with Crippen LogP contribution in [0.2, 0.25) is 0 Å². The zero-order valence-corrected chi connectivity index (χ0v) is 21.8. The van der Waals surface area contributed by atoms with Crippen molar-refractivity contribution < 1.29 is 17.9 Å². The van der Waals surface area contributed by atoms with Crippen molar-refractivity contribution in [3.63, 3.8) is 0 Å². The van der Waals surface area contributed by atoms with Crippen molar-refractivity contribution in [1.29, 1.82) is 0 Å². The second kappa shape index (κ2) is 11.0. The third-order valence-corrected chi connectivity index (χ3v) is 9.27. The summed E-state index contributed by atoms with van der Waals surface area (Å²) < 4.78 is 39.3. The number of nitrogens with zero attached hydrogens (tertiary/aromatic N) is 3. The fraction of sp³-hybridized carbons (Fsp3) is 0.348. The first-order valence-electron chi connectivity index (χ1n) is 10.7. The SMILES string of the molecule is COCCN(CCOC)Cc1sccc1S(=O)(=O)N(C)c1cccc2cc(-c3nccs3)[nH]c12. The van der Waals surface area contributed by atoms with Gasteiger partial charge in [-0.2, -0.15) is 0 Å². The molecule has 0 aliphatic rings. The monoisotopic (exact) mass is 520 g/mol. The topological polar surface area (TPSA) is 87.8 Å². The number of sulfonamides is 1. The highest BCUT2D eigenvalue weighted by atomic mass is 32.2. The van der Waals surface area contributed by atoms with E-state index in [2.05, 4.69) is 14.9 Å². The molecule has 4 aromatic rings. The quantitative estimate of drug-likeness (QED) is 0.300. The first kappa shape index (κ1) is 24.8. The van der Waals surface area contributed by atoms with Crippen LogP contribution in [-0.4, -0.2) is 70.9 Å². The zero-order valence-electron chi connectivity index (χ0n) is 19.4. The number of ether oxygens (including phenoxy) is 2. The van der Waals surface area contributed by atoms with Gasteiger partial charge in [0, 0.05) is 62.7 Å². The number of rotatable bonds is 12. The summed E-state index contributed by atoms with van der Waals surface area (Å²) >= 11 is 2.98. The minimum absolute atomic E-state index is 0.323. The van der Waals surface area contributed by atoms with E-state index in [1.54, 1.807) is 33.5 Å². The van der Waals surface area contributed by atoms with Crippen molar-refractivity contribution in [2.75, 3.05) is 51.9 Å². The molecule has 3 aromatic heterocycles. The van der Waals surface area contributed by atoms with Gasteiger partial charge in [-0.05, 0) is 23.6 Å². The van der Waals surface area contributed by atoms with Gasteiger partial charge in [-0.1, -0.05) is 12.1 Å². The molecule has 0 saturated heterocycles. The number of hydrogen-bond donors (Lipinski definition) is 1. The number of thiophene rings is 1. The summed E-state index contributed by atoms with van der Waals surface area (Å²) in [4.78, 5) is 11.0. The van der Waals surface area contributed by atoms with Gasteiger partial charge in [0.05, 0.1) is 30.1 Å². The van der Waals surface area contributed by atoms with Gasteiger partial charge in [0.15, 0.2) is 0 Å². The van der Waals surface area contributed by atoms with E-state index < -0.39 is 10.0 Å². The second-order valence-corrected chi connectivity index (χ2v) is 11.5. The van der Waals surface area contributed by atoms with Crippen LogP contribution in [0.5, 0.6) is 0 Å². The summed E-state index contributed by atoms with van der Waals surface area (Å²) in [6.45, 7) is 3.01. The van der Waals surface area contributed by atoms with Crippen LogP contribution in [0, 0.1) is 0 Å². The Morgan fingerprint density at radius 3 is 2.50 bits per heavy atom. The van der Waals surface area contributed by atoms with Crippen LogP contribution in [-0.2, 0) is 26.0 Å². The molecule has 0 aliphatic heterocycles. The predicted molar refractivity (Wildman–Crippen MR) is 138 cm³/mol. The maximum Gasteiger partial charge on any atom is 0.265 e. The van der Waals surface area contributed by atoms with Gasteiger partial charge in [-0.3, -0.25) is 9.21 Å². The number of anilines is 1. The first-order chi connectivity index (χ1) is 16.5. The summed E-state index contributed by atoms with van der Waals surface area (Å²) in [6, 6.07) is 9.34. The molecule has 4 rings (SSSR count). The lowest BCUT2D eigenvalue weighted by Crippen LogP contribution is -2.32. The maximum absolute atomic E-state index is 13.7. The number of methoxy groups -OCH3 is 2. The Morgan fingerprint density at radius 2 is 1.82 bits per heavy atom. The lowest BCUT2D eigenvalue weighted by atomic mass is 10.2. The van der Waals surface area contributed by atoms with Gasteiger partial charge in [-0.25, -0.2) is 13.4 Å². The van der Waals surface area contributed by atoms with Crippen LogP contribution < -0.4 is 4.31 Å². The molecule has 0 amide bonds. The van der Waals surface area contributed by atoms with Gasteiger partial charge >= 0.3 is 0 Å². The van der Waals surface area contributed by atoms with E-state index in [-0.39, 0.29) is 0 Å². The Hall–Kier alpha value is -2.28. The average molecular weight is 521 g/mol. The van der Waals surface area contributed by atoms with Crippen LogP contribution in [0.3, 0.4) is 0 Å². The molecule has 0 radical (unpaired) electrons. The Balaban J connectivity index is 1.64. The number of fused-ring (bicyclic) bond motifs is 1. The summed E-state index contributed by atoms with van der Waals surface area (Å²) in [5.74, 6) is 0. The minimum Gasteiger partial charge on any atom is -0.383 e. The minimum atomic E-state index is -3.78. The van der Waals surface area contributed by atoms with Gasteiger partial charge < -0.3 is 14.5 Å². The number of thiazole rings is 1. The lowest BCUT2D eigenvalue weighted by molar-refractivity contribution is 0.110. The molecule has 0 unspecified atom stereocenters. The third kappa shape index (κ3) is 5.19. The first-order valence-corrected chi connectivity index (χ1v) is 13.9. The van der Waals surface area contributed by atoms with Gasteiger partial charge in [0.2, 0.25) is 0 Å². The Kier molecular flexibility index (Phi) is 8.02. The molecule has 0 spiro atoms. The third-order valence-electron chi connectivity index (χ3n) is 5.57. The molecule has 34 heavy (non-hydrogen) atoms. The van der Waals surface area contributed by atoms with E-state index in [4.69, 9.17) is 9.47 Å². The lowest BCUT2D eigenvalue weighted by Gasteiger charge is -2.23. The molecule has 11 heteroatoms. The van der Waals surface area contributed by atoms with Crippen LogP contribution in [0.1, 0.15) is 4.88 Å². The molecule has 1 N–H and O–H groups in total. The molecule has 0 saturated carbocycles. The summed E-state index contributed by atoms with van der Waals surface area (Å²) in [6.07, 6.45) is 1.75. The Bertz CT molecular complexity index is 1310. The highest BCUT2D eigenvalue weighted by Crippen LogP contribution is 2.35. The molecule has 1 aromatic carbocycles. The molecule has 0 aliphatic carbocycles. The summed E-state index contributed by atoms with van der Waals surface area (Å²) in [7, 11) is 1.14. The van der Waals surface area contributed by atoms with Gasteiger partial charge in [0.1, 0.15) is 9.90 Å². The van der Waals surface area contributed by atoms with Crippen molar-refractivity contribution in [3.05, 3.63) is 52.2 Å². The highest BCUT2D eigenvalue weighted by molar-refractivity contribution is 7.93. The smallest absolute Gasteiger partial charge is 0.265 e. The van der Waals surface area contributed by atoms with E-state index in [9.17, 15) is 8.42 Å². The molecule has 8 nitrogen and oxygen atoms in total. The largest absolute Gasteiger partial charge is 0.383 e. The number of H-pyrrole nitrogens is 1. The number of para-hydroxylation sites is 1. The second-order valence-electron chi connectivity index (χ2n) is 7.70. The molecular formula is C23H28N4O4S3. The van der Waals surface area contributed by atoms with Crippen molar-refractivity contribution in [3.8, 4) is 10.7 Å². The average Bonchev–Trinajstić information content (AvgIpc) is 3.59.